The first-order chi connectivity index (χ1) is 10.4. The van der Waals surface area contributed by atoms with Crippen LogP contribution in [0.15, 0.2) is 0 Å². The highest BCUT2D eigenvalue weighted by Crippen LogP contribution is 2.26. The molecule has 0 aliphatic carbocycles. The van der Waals surface area contributed by atoms with Gasteiger partial charge in [0.25, 0.3) is 5.92 Å². The molecule has 1 atom stereocenters. The van der Waals surface area contributed by atoms with E-state index in [4.69, 9.17) is 0 Å². The van der Waals surface area contributed by atoms with E-state index in [9.17, 15) is 18.4 Å². The van der Waals surface area contributed by atoms with Crippen LogP contribution in [0, 0.1) is 0 Å². The number of nitrogens with zero attached hydrogens (tertiary/aromatic N) is 2. The molecule has 2 rings (SSSR count). The van der Waals surface area contributed by atoms with Gasteiger partial charge in [0, 0.05) is 39.1 Å². The van der Waals surface area contributed by atoms with Gasteiger partial charge in [-0.3, -0.25) is 19.8 Å². The van der Waals surface area contributed by atoms with Crippen molar-refractivity contribution < 1.29 is 18.4 Å². The van der Waals surface area contributed by atoms with Crippen LogP contribution in [-0.2, 0) is 9.59 Å². The first-order valence-electron chi connectivity index (χ1n) is 7.80. The lowest BCUT2D eigenvalue weighted by Crippen LogP contribution is -2.45. The van der Waals surface area contributed by atoms with Crippen LogP contribution in [0.4, 0.5) is 8.78 Å². The SMILES string of the molecule is CCNC(=O)CN1CCCN(C(=O)C2CC(F)(F)CN2)CC1. The molecule has 0 aromatic rings. The highest BCUT2D eigenvalue weighted by atomic mass is 19.3. The van der Waals surface area contributed by atoms with Gasteiger partial charge in [-0.15, -0.1) is 0 Å². The largest absolute Gasteiger partial charge is 0.355 e. The van der Waals surface area contributed by atoms with Gasteiger partial charge in [0.1, 0.15) is 0 Å². The highest BCUT2D eigenvalue weighted by molar-refractivity contribution is 5.82. The van der Waals surface area contributed by atoms with Crippen molar-refractivity contribution in [3.05, 3.63) is 0 Å². The standard InChI is InChI=1S/C14H24F2N4O2/c1-2-17-12(21)9-19-4-3-5-20(7-6-19)13(22)11-8-14(15,16)10-18-11/h11,18H,2-10H2,1H3,(H,17,21). The molecule has 2 aliphatic rings. The van der Waals surface area contributed by atoms with E-state index < -0.39 is 24.9 Å². The smallest absolute Gasteiger partial charge is 0.262 e. The molecule has 0 bridgehead atoms. The molecule has 2 aliphatic heterocycles. The van der Waals surface area contributed by atoms with Crippen LogP contribution in [0.2, 0.25) is 0 Å². The van der Waals surface area contributed by atoms with E-state index in [-0.39, 0.29) is 11.8 Å². The normalized spacial score (nSPS) is 25.8. The van der Waals surface area contributed by atoms with Gasteiger partial charge in [0.05, 0.1) is 19.1 Å². The fourth-order valence-corrected chi connectivity index (χ4v) is 2.92. The summed E-state index contributed by atoms with van der Waals surface area (Å²) < 4.78 is 26.4. The zero-order valence-electron chi connectivity index (χ0n) is 12.9. The summed E-state index contributed by atoms with van der Waals surface area (Å²) in [5, 5.41) is 5.35. The van der Waals surface area contributed by atoms with Crippen molar-refractivity contribution >= 4 is 11.8 Å². The van der Waals surface area contributed by atoms with Gasteiger partial charge in [-0.2, -0.15) is 0 Å². The Morgan fingerprint density at radius 3 is 2.68 bits per heavy atom. The molecule has 2 amide bonds. The van der Waals surface area contributed by atoms with Crippen LogP contribution in [0.1, 0.15) is 19.8 Å². The van der Waals surface area contributed by atoms with Crippen molar-refractivity contribution in [2.24, 2.45) is 0 Å². The number of amides is 2. The highest BCUT2D eigenvalue weighted by Gasteiger charge is 2.43. The Kier molecular flexibility index (Phi) is 5.69. The van der Waals surface area contributed by atoms with Gasteiger partial charge in [0.2, 0.25) is 11.8 Å². The second kappa shape index (κ2) is 7.32. The molecule has 0 saturated carbocycles. The topological polar surface area (TPSA) is 64.7 Å². The summed E-state index contributed by atoms with van der Waals surface area (Å²) in [5.74, 6) is -3.08. The number of hydrogen-bond acceptors (Lipinski definition) is 4. The van der Waals surface area contributed by atoms with Gasteiger partial charge in [-0.25, -0.2) is 8.78 Å². The number of carbonyl (C=O) groups excluding carboxylic acids is 2. The lowest BCUT2D eigenvalue weighted by atomic mass is 10.1. The average Bonchev–Trinajstić information content (AvgIpc) is 2.67. The number of nitrogens with one attached hydrogen (secondary N) is 2. The molecule has 2 heterocycles. The number of alkyl halides is 2. The third-order valence-corrected chi connectivity index (χ3v) is 4.05. The van der Waals surface area contributed by atoms with E-state index >= 15 is 0 Å². The van der Waals surface area contributed by atoms with Crippen molar-refractivity contribution in [2.45, 2.75) is 31.7 Å². The maximum absolute atomic E-state index is 13.2. The summed E-state index contributed by atoms with van der Waals surface area (Å²) in [5.41, 5.74) is 0. The van der Waals surface area contributed by atoms with Crippen molar-refractivity contribution in [2.75, 3.05) is 45.8 Å². The third-order valence-electron chi connectivity index (χ3n) is 4.05. The van der Waals surface area contributed by atoms with Crippen molar-refractivity contribution in [3.63, 3.8) is 0 Å². The number of hydrogen-bond donors (Lipinski definition) is 2. The van der Waals surface area contributed by atoms with Gasteiger partial charge in [0.15, 0.2) is 0 Å². The Labute approximate surface area is 129 Å². The van der Waals surface area contributed by atoms with Crippen molar-refractivity contribution in [3.8, 4) is 0 Å². The third kappa shape index (κ3) is 4.61. The van der Waals surface area contributed by atoms with Gasteiger partial charge in [-0.1, -0.05) is 0 Å². The fraction of sp³-hybridized carbons (Fsp3) is 0.857. The molecular formula is C14H24F2N4O2. The summed E-state index contributed by atoms with van der Waals surface area (Å²) >= 11 is 0. The van der Waals surface area contributed by atoms with Crippen molar-refractivity contribution in [1.82, 2.24) is 20.4 Å². The Bertz CT molecular complexity index is 420. The molecule has 8 heteroatoms. The quantitative estimate of drug-likeness (QED) is 0.744. The number of carbonyl (C=O) groups is 2. The average molecular weight is 318 g/mol. The number of likely N-dealkylation sites (N-methyl/N-ethyl adjacent to an activating group) is 1. The van der Waals surface area contributed by atoms with Gasteiger partial charge < -0.3 is 10.2 Å². The van der Waals surface area contributed by atoms with Crippen LogP contribution in [0.25, 0.3) is 0 Å². The Hall–Kier alpha value is -1.28. The molecule has 0 aromatic carbocycles. The Balaban J connectivity index is 1.82. The molecule has 2 N–H and O–H groups in total. The molecule has 126 valence electrons. The van der Waals surface area contributed by atoms with E-state index in [1.54, 1.807) is 4.90 Å². The van der Waals surface area contributed by atoms with Crippen LogP contribution >= 0.6 is 0 Å². The van der Waals surface area contributed by atoms with E-state index in [0.717, 1.165) is 13.0 Å². The molecular weight excluding hydrogens is 294 g/mol. The molecule has 22 heavy (non-hydrogen) atoms. The zero-order valence-corrected chi connectivity index (χ0v) is 12.9. The molecule has 0 radical (unpaired) electrons. The van der Waals surface area contributed by atoms with Crippen LogP contribution in [-0.4, -0.2) is 79.4 Å². The minimum Gasteiger partial charge on any atom is -0.355 e. The van der Waals surface area contributed by atoms with Gasteiger partial charge >= 0.3 is 0 Å². The predicted octanol–water partition coefficient (Wildman–Crippen LogP) is -0.346. The van der Waals surface area contributed by atoms with Crippen LogP contribution in [0.3, 0.4) is 0 Å². The second-order valence-corrected chi connectivity index (χ2v) is 5.90. The van der Waals surface area contributed by atoms with Crippen LogP contribution in [0.5, 0.6) is 0 Å². The van der Waals surface area contributed by atoms with Crippen molar-refractivity contribution in [1.29, 1.82) is 0 Å². The predicted molar refractivity (Wildman–Crippen MR) is 77.7 cm³/mol. The first kappa shape index (κ1) is 17.1. The maximum atomic E-state index is 13.2. The zero-order chi connectivity index (χ0) is 16.2. The van der Waals surface area contributed by atoms with Gasteiger partial charge in [-0.05, 0) is 13.3 Å². The van der Waals surface area contributed by atoms with E-state index in [2.05, 4.69) is 10.6 Å². The second-order valence-electron chi connectivity index (χ2n) is 5.90. The molecule has 0 spiro atoms. The summed E-state index contributed by atoms with van der Waals surface area (Å²) in [7, 11) is 0. The minimum absolute atomic E-state index is 0.0284. The Morgan fingerprint density at radius 1 is 1.27 bits per heavy atom. The summed E-state index contributed by atoms with van der Waals surface area (Å²) in [6, 6.07) is -0.787. The fourth-order valence-electron chi connectivity index (χ4n) is 2.92. The summed E-state index contributed by atoms with van der Waals surface area (Å²) in [4.78, 5) is 27.5. The number of rotatable bonds is 4. The Morgan fingerprint density at radius 2 is 2.05 bits per heavy atom. The first-order valence-corrected chi connectivity index (χ1v) is 7.80. The molecule has 6 nitrogen and oxygen atoms in total. The van der Waals surface area contributed by atoms with E-state index in [1.165, 1.54) is 0 Å². The molecule has 0 aromatic heterocycles. The summed E-state index contributed by atoms with van der Waals surface area (Å²) in [6.45, 7) is 4.69. The molecule has 2 fully saturated rings. The monoisotopic (exact) mass is 318 g/mol. The van der Waals surface area contributed by atoms with Crippen LogP contribution < -0.4 is 10.6 Å². The lowest BCUT2D eigenvalue weighted by Gasteiger charge is -2.24. The van der Waals surface area contributed by atoms with E-state index in [1.807, 2.05) is 11.8 Å². The lowest BCUT2D eigenvalue weighted by molar-refractivity contribution is -0.133. The van der Waals surface area contributed by atoms with E-state index in [0.29, 0.717) is 32.7 Å². The summed E-state index contributed by atoms with van der Waals surface area (Å²) in [6.07, 6.45) is 0.319. The maximum Gasteiger partial charge on any atom is 0.262 e. The molecule has 2 saturated heterocycles. The molecule has 1 unspecified atom stereocenters. The minimum atomic E-state index is -2.80. The number of halogens is 2.